The Bertz CT molecular complexity index is 976. The second-order valence-corrected chi connectivity index (χ2v) is 6.69. The van der Waals surface area contributed by atoms with Gasteiger partial charge in [0.1, 0.15) is 11.6 Å². The maximum absolute atomic E-state index is 13.2. The van der Waals surface area contributed by atoms with Gasteiger partial charge in [0.15, 0.2) is 10.9 Å². The van der Waals surface area contributed by atoms with Crippen LogP contribution in [0.15, 0.2) is 48.5 Å². The number of halogens is 2. The van der Waals surface area contributed by atoms with Crippen LogP contribution >= 0.6 is 23.8 Å². The van der Waals surface area contributed by atoms with E-state index in [2.05, 4.69) is 15.7 Å². The van der Waals surface area contributed by atoms with Gasteiger partial charge in [-0.2, -0.15) is 5.10 Å². The third-order valence-corrected chi connectivity index (χ3v) is 4.44. The zero-order chi connectivity index (χ0) is 19.4. The van der Waals surface area contributed by atoms with Crippen molar-refractivity contribution in [3.05, 3.63) is 70.6 Å². The van der Waals surface area contributed by atoms with E-state index in [4.69, 9.17) is 28.6 Å². The van der Waals surface area contributed by atoms with Crippen LogP contribution in [0, 0.1) is 12.7 Å². The molecule has 8 heteroatoms. The lowest BCUT2D eigenvalue weighted by molar-refractivity contribution is 0.415. The Morgan fingerprint density at radius 1 is 1.22 bits per heavy atom. The average Bonchev–Trinajstić information content (AvgIpc) is 2.96. The summed E-state index contributed by atoms with van der Waals surface area (Å²) < 4.78 is 20.2. The molecule has 0 radical (unpaired) electrons. The highest BCUT2D eigenvalue weighted by atomic mass is 35.5. The van der Waals surface area contributed by atoms with Gasteiger partial charge in [-0.15, -0.1) is 0 Å². The third-order valence-electron chi connectivity index (χ3n) is 3.89. The van der Waals surface area contributed by atoms with Gasteiger partial charge >= 0.3 is 0 Å². The van der Waals surface area contributed by atoms with Crippen molar-refractivity contribution in [2.24, 2.45) is 0 Å². The van der Waals surface area contributed by atoms with E-state index in [1.165, 1.54) is 12.1 Å². The Kier molecular flexibility index (Phi) is 5.93. The minimum atomic E-state index is -0.364. The van der Waals surface area contributed by atoms with E-state index in [9.17, 15) is 4.39 Å². The molecule has 3 aromatic rings. The van der Waals surface area contributed by atoms with Crippen LogP contribution in [0.5, 0.6) is 5.75 Å². The molecular formula is C19H18ClFN4OS. The van der Waals surface area contributed by atoms with Crippen molar-refractivity contribution in [1.82, 2.24) is 9.78 Å². The largest absolute Gasteiger partial charge is 0.497 e. The number of nitrogens with zero attached hydrogens (tertiary/aromatic N) is 2. The standard InChI is InChI=1S/C19H18ClFN4OS/c1-12-8-18(23-19(27)22-15-4-3-5-16(10-15)26-2)24-25(12)11-13-6-7-14(21)9-17(13)20/h3-10H,11H2,1-2H3,(H2,22,23,24,27). The molecule has 1 heterocycles. The molecule has 0 atom stereocenters. The molecule has 2 N–H and O–H groups in total. The second kappa shape index (κ2) is 8.37. The first kappa shape index (κ1) is 19.1. The molecule has 0 aliphatic carbocycles. The molecule has 5 nitrogen and oxygen atoms in total. The molecule has 140 valence electrons. The first-order valence-electron chi connectivity index (χ1n) is 8.15. The first-order chi connectivity index (χ1) is 12.9. The smallest absolute Gasteiger partial charge is 0.176 e. The molecule has 0 amide bonds. The average molecular weight is 405 g/mol. The molecule has 3 rings (SSSR count). The molecule has 0 saturated carbocycles. The summed E-state index contributed by atoms with van der Waals surface area (Å²) in [6, 6.07) is 13.7. The number of benzene rings is 2. The summed E-state index contributed by atoms with van der Waals surface area (Å²) in [7, 11) is 1.61. The SMILES string of the molecule is COc1cccc(NC(=S)Nc2cc(C)n(Cc3ccc(F)cc3Cl)n2)c1. The predicted molar refractivity (Wildman–Crippen MR) is 110 cm³/mol. The molecule has 1 aromatic heterocycles. The van der Waals surface area contributed by atoms with E-state index in [-0.39, 0.29) is 5.82 Å². The maximum atomic E-state index is 13.2. The lowest BCUT2D eigenvalue weighted by atomic mass is 10.2. The molecule has 2 aromatic carbocycles. The van der Waals surface area contributed by atoms with Gasteiger partial charge in [-0.25, -0.2) is 4.39 Å². The van der Waals surface area contributed by atoms with Crippen molar-refractivity contribution in [2.75, 3.05) is 17.7 Å². The maximum Gasteiger partial charge on any atom is 0.176 e. The van der Waals surface area contributed by atoms with Crippen LogP contribution in [0.1, 0.15) is 11.3 Å². The van der Waals surface area contributed by atoms with E-state index >= 15 is 0 Å². The molecule has 27 heavy (non-hydrogen) atoms. The van der Waals surface area contributed by atoms with Gasteiger partial charge < -0.3 is 15.4 Å². The highest BCUT2D eigenvalue weighted by Gasteiger charge is 2.09. The lowest BCUT2D eigenvalue weighted by Crippen LogP contribution is -2.19. The van der Waals surface area contributed by atoms with E-state index < -0.39 is 0 Å². The zero-order valence-corrected chi connectivity index (χ0v) is 16.4. The highest BCUT2D eigenvalue weighted by molar-refractivity contribution is 7.80. The van der Waals surface area contributed by atoms with Crippen LogP contribution in [-0.4, -0.2) is 22.0 Å². The second-order valence-electron chi connectivity index (χ2n) is 5.88. The van der Waals surface area contributed by atoms with Crippen LogP contribution in [-0.2, 0) is 6.54 Å². The number of nitrogens with one attached hydrogen (secondary N) is 2. The minimum absolute atomic E-state index is 0.364. The molecule has 0 spiro atoms. The van der Waals surface area contributed by atoms with Crippen molar-refractivity contribution in [3.8, 4) is 5.75 Å². The normalized spacial score (nSPS) is 10.5. The number of ether oxygens (including phenoxy) is 1. The summed E-state index contributed by atoms with van der Waals surface area (Å²) in [5.41, 5.74) is 2.51. The van der Waals surface area contributed by atoms with Gasteiger partial charge in [0.25, 0.3) is 0 Å². The van der Waals surface area contributed by atoms with Crippen LogP contribution < -0.4 is 15.4 Å². The van der Waals surface area contributed by atoms with E-state index in [0.717, 1.165) is 22.7 Å². The quantitative estimate of drug-likeness (QED) is 0.595. The topological polar surface area (TPSA) is 51.1 Å². The Balaban J connectivity index is 1.67. The molecular weight excluding hydrogens is 387 g/mol. The Labute approximate surface area is 167 Å². The number of methoxy groups -OCH3 is 1. The number of aromatic nitrogens is 2. The third kappa shape index (κ3) is 4.96. The van der Waals surface area contributed by atoms with Crippen molar-refractivity contribution in [3.63, 3.8) is 0 Å². The number of anilines is 2. The molecule has 0 aliphatic rings. The van der Waals surface area contributed by atoms with Gasteiger partial charge in [-0.1, -0.05) is 23.7 Å². The summed E-state index contributed by atoms with van der Waals surface area (Å²) in [6.07, 6.45) is 0. The Morgan fingerprint density at radius 2 is 2.04 bits per heavy atom. The van der Waals surface area contributed by atoms with Crippen LogP contribution in [0.2, 0.25) is 5.02 Å². The number of hydrogen-bond donors (Lipinski definition) is 2. The molecule has 0 saturated heterocycles. The van der Waals surface area contributed by atoms with Crippen LogP contribution in [0.25, 0.3) is 0 Å². The van der Waals surface area contributed by atoms with Crippen molar-refractivity contribution in [2.45, 2.75) is 13.5 Å². The molecule has 0 bridgehead atoms. The Morgan fingerprint density at radius 3 is 2.78 bits per heavy atom. The van der Waals surface area contributed by atoms with Gasteiger partial charge in [-0.05, 0) is 49.0 Å². The highest BCUT2D eigenvalue weighted by Crippen LogP contribution is 2.20. The number of thiocarbonyl (C=S) groups is 1. The summed E-state index contributed by atoms with van der Waals surface area (Å²) >= 11 is 11.4. The summed E-state index contributed by atoms with van der Waals surface area (Å²) in [6.45, 7) is 2.36. The van der Waals surface area contributed by atoms with Crippen molar-refractivity contribution < 1.29 is 9.13 Å². The van der Waals surface area contributed by atoms with Gasteiger partial charge in [0.2, 0.25) is 0 Å². The first-order valence-corrected chi connectivity index (χ1v) is 8.93. The van der Waals surface area contributed by atoms with Crippen LogP contribution in [0.4, 0.5) is 15.9 Å². The van der Waals surface area contributed by atoms with E-state index in [1.807, 2.05) is 37.3 Å². The number of rotatable bonds is 5. The minimum Gasteiger partial charge on any atom is -0.497 e. The monoisotopic (exact) mass is 404 g/mol. The van der Waals surface area contributed by atoms with Gasteiger partial charge in [0.05, 0.1) is 13.7 Å². The number of aryl methyl sites for hydroxylation is 1. The fraction of sp³-hybridized carbons (Fsp3) is 0.158. The van der Waals surface area contributed by atoms with Crippen molar-refractivity contribution >= 4 is 40.4 Å². The summed E-state index contributed by atoms with van der Waals surface area (Å²) in [5, 5.41) is 11.4. The fourth-order valence-corrected chi connectivity index (χ4v) is 2.97. The summed E-state index contributed by atoms with van der Waals surface area (Å²) in [5.74, 6) is 0.975. The van der Waals surface area contributed by atoms with Crippen LogP contribution in [0.3, 0.4) is 0 Å². The molecule has 0 aliphatic heterocycles. The Hall–Kier alpha value is -2.64. The zero-order valence-electron chi connectivity index (χ0n) is 14.8. The van der Waals surface area contributed by atoms with E-state index in [1.54, 1.807) is 17.9 Å². The molecule has 0 fully saturated rings. The van der Waals surface area contributed by atoms with Gasteiger partial charge in [0, 0.05) is 28.5 Å². The lowest BCUT2D eigenvalue weighted by Gasteiger charge is -2.10. The van der Waals surface area contributed by atoms with E-state index in [0.29, 0.717) is 22.5 Å². The summed E-state index contributed by atoms with van der Waals surface area (Å²) in [4.78, 5) is 0. The van der Waals surface area contributed by atoms with Crippen molar-refractivity contribution in [1.29, 1.82) is 0 Å². The fourth-order valence-electron chi connectivity index (χ4n) is 2.52. The number of hydrogen-bond acceptors (Lipinski definition) is 3. The van der Waals surface area contributed by atoms with Gasteiger partial charge in [-0.3, -0.25) is 4.68 Å². The predicted octanol–water partition coefficient (Wildman–Crippen LogP) is 4.85. The molecule has 0 unspecified atom stereocenters.